The molecule has 1 aliphatic rings. The van der Waals surface area contributed by atoms with Crippen molar-refractivity contribution in [1.82, 2.24) is 0 Å². The van der Waals surface area contributed by atoms with E-state index < -0.39 is 0 Å². The summed E-state index contributed by atoms with van der Waals surface area (Å²) in [7, 11) is 0. The molecule has 1 fully saturated rings. The van der Waals surface area contributed by atoms with E-state index in [0.717, 1.165) is 17.2 Å². The standard InChI is InChI=1S/C11H16ClNS/c12-10-6-5-9(14-10)11(13)7-3-1-2-4-8-11/h5-6H,1-4,7-8,13H2. The molecule has 2 N–H and O–H groups in total. The molecule has 1 aliphatic carbocycles. The van der Waals surface area contributed by atoms with Crippen molar-refractivity contribution >= 4 is 22.9 Å². The Labute approximate surface area is 94.3 Å². The number of hydrogen-bond donors (Lipinski definition) is 1. The van der Waals surface area contributed by atoms with Crippen LogP contribution in [0.1, 0.15) is 43.4 Å². The Morgan fingerprint density at radius 3 is 2.29 bits per heavy atom. The topological polar surface area (TPSA) is 26.0 Å². The van der Waals surface area contributed by atoms with Crippen molar-refractivity contribution in [3.8, 4) is 0 Å². The van der Waals surface area contributed by atoms with Gasteiger partial charge in [-0.05, 0) is 25.0 Å². The summed E-state index contributed by atoms with van der Waals surface area (Å²) in [5.41, 5.74) is 6.36. The van der Waals surface area contributed by atoms with Crippen LogP contribution in [0.25, 0.3) is 0 Å². The van der Waals surface area contributed by atoms with E-state index in [1.807, 2.05) is 6.07 Å². The van der Waals surface area contributed by atoms with E-state index in [4.69, 9.17) is 17.3 Å². The van der Waals surface area contributed by atoms with Crippen LogP contribution >= 0.6 is 22.9 Å². The van der Waals surface area contributed by atoms with Crippen LogP contribution in [-0.4, -0.2) is 0 Å². The Hall–Kier alpha value is -0.0500. The minimum absolute atomic E-state index is 0.0890. The molecule has 0 aliphatic heterocycles. The molecule has 0 bridgehead atoms. The van der Waals surface area contributed by atoms with Crippen molar-refractivity contribution in [2.75, 3.05) is 0 Å². The fourth-order valence-electron chi connectivity index (χ4n) is 2.19. The lowest BCUT2D eigenvalue weighted by atomic mass is 9.90. The van der Waals surface area contributed by atoms with Crippen molar-refractivity contribution in [3.63, 3.8) is 0 Å². The first-order chi connectivity index (χ1) is 6.71. The van der Waals surface area contributed by atoms with Crippen LogP contribution in [0.5, 0.6) is 0 Å². The molecule has 1 nitrogen and oxygen atoms in total. The minimum atomic E-state index is -0.0890. The summed E-state index contributed by atoms with van der Waals surface area (Å²) in [6.07, 6.45) is 7.40. The lowest BCUT2D eigenvalue weighted by molar-refractivity contribution is 0.393. The summed E-state index contributed by atoms with van der Waals surface area (Å²) < 4.78 is 0.856. The van der Waals surface area contributed by atoms with Crippen LogP contribution in [0.2, 0.25) is 4.34 Å². The quantitative estimate of drug-likeness (QED) is 0.726. The third-order valence-corrected chi connectivity index (χ3v) is 4.51. The fraction of sp³-hybridized carbons (Fsp3) is 0.636. The SMILES string of the molecule is NC1(c2ccc(Cl)s2)CCCCCC1. The van der Waals surface area contributed by atoms with Gasteiger partial charge in [0.05, 0.1) is 9.88 Å². The molecule has 0 saturated heterocycles. The first-order valence-electron chi connectivity index (χ1n) is 5.25. The maximum absolute atomic E-state index is 6.45. The Bertz CT molecular complexity index is 300. The van der Waals surface area contributed by atoms with Crippen molar-refractivity contribution < 1.29 is 0 Å². The van der Waals surface area contributed by atoms with Gasteiger partial charge in [0.1, 0.15) is 0 Å². The average molecular weight is 230 g/mol. The lowest BCUT2D eigenvalue weighted by Gasteiger charge is -2.26. The molecule has 0 unspecified atom stereocenters. The van der Waals surface area contributed by atoms with Crippen molar-refractivity contribution in [1.29, 1.82) is 0 Å². The second-order valence-corrected chi connectivity index (χ2v) is 5.89. The van der Waals surface area contributed by atoms with Crippen LogP contribution in [0.15, 0.2) is 12.1 Å². The van der Waals surface area contributed by atoms with Gasteiger partial charge in [0, 0.05) is 4.88 Å². The summed E-state index contributed by atoms with van der Waals surface area (Å²) in [6.45, 7) is 0. The molecule has 0 radical (unpaired) electrons. The van der Waals surface area contributed by atoms with Gasteiger partial charge in [-0.1, -0.05) is 37.3 Å². The molecule has 0 spiro atoms. The third-order valence-electron chi connectivity index (χ3n) is 3.06. The predicted octanol–water partition coefficient (Wildman–Crippen LogP) is 3.91. The van der Waals surface area contributed by atoms with Crippen LogP contribution in [0, 0.1) is 0 Å². The molecule has 0 aromatic carbocycles. The first kappa shape index (κ1) is 10.5. The molecule has 1 saturated carbocycles. The number of thiophene rings is 1. The van der Waals surface area contributed by atoms with Gasteiger partial charge in [-0.25, -0.2) is 0 Å². The van der Waals surface area contributed by atoms with E-state index in [1.54, 1.807) is 11.3 Å². The monoisotopic (exact) mass is 229 g/mol. The van der Waals surface area contributed by atoms with Crippen LogP contribution in [-0.2, 0) is 5.54 Å². The summed E-state index contributed by atoms with van der Waals surface area (Å²) >= 11 is 7.59. The van der Waals surface area contributed by atoms with Gasteiger partial charge in [0.15, 0.2) is 0 Å². The summed E-state index contributed by atoms with van der Waals surface area (Å²) in [5, 5.41) is 0. The molecule has 0 amide bonds. The van der Waals surface area contributed by atoms with Crippen molar-refractivity contribution in [3.05, 3.63) is 21.3 Å². The minimum Gasteiger partial charge on any atom is -0.321 e. The summed E-state index contributed by atoms with van der Waals surface area (Å²) in [6, 6.07) is 4.05. The Morgan fingerprint density at radius 1 is 1.14 bits per heavy atom. The van der Waals surface area contributed by atoms with E-state index >= 15 is 0 Å². The maximum Gasteiger partial charge on any atom is 0.0931 e. The predicted molar refractivity (Wildman–Crippen MR) is 62.9 cm³/mol. The molecular formula is C11H16ClNS. The lowest BCUT2D eigenvalue weighted by Crippen LogP contribution is -2.34. The number of halogens is 1. The largest absolute Gasteiger partial charge is 0.321 e. The molecule has 2 rings (SSSR count). The molecule has 78 valence electrons. The van der Waals surface area contributed by atoms with Gasteiger partial charge in [-0.2, -0.15) is 0 Å². The fourth-order valence-corrected chi connectivity index (χ4v) is 3.39. The first-order valence-corrected chi connectivity index (χ1v) is 6.45. The van der Waals surface area contributed by atoms with Crippen molar-refractivity contribution in [2.45, 2.75) is 44.1 Å². The Balaban J connectivity index is 2.20. The van der Waals surface area contributed by atoms with Gasteiger partial charge < -0.3 is 5.73 Å². The molecule has 1 aromatic heterocycles. The highest BCUT2D eigenvalue weighted by atomic mass is 35.5. The highest BCUT2D eigenvalue weighted by molar-refractivity contribution is 7.16. The van der Waals surface area contributed by atoms with Gasteiger partial charge in [-0.3, -0.25) is 0 Å². The van der Waals surface area contributed by atoms with Gasteiger partial charge in [0.2, 0.25) is 0 Å². The van der Waals surface area contributed by atoms with E-state index in [0.29, 0.717) is 0 Å². The maximum atomic E-state index is 6.45. The van der Waals surface area contributed by atoms with Crippen LogP contribution in [0.4, 0.5) is 0 Å². The highest BCUT2D eigenvalue weighted by Gasteiger charge is 2.29. The molecule has 3 heteroatoms. The van der Waals surface area contributed by atoms with E-state index in [9.17, 15) is 0 Å². The zero-order chi connectivity index (χ0) is 10.0. The van der Waals surface area contributed by atoms with Gasteiger partial charge in [0.25, 0.3) is 0 Å². The zero-order valence-corrected chi connectivity index (χ0v) is 9.83. The molecule has 14 heavy (non-hydrogen) atoms. The van der Waals surface area contributed by atoms with E-state index in [1.165, 1.54) is 30.6 Å². The van der Waals surface area contributed by atoms with E-state index in [-0.39, 0.29) is 5.54 Å². The molecule has 1 heterocycles. The Morgan fingerprint density at radius 2 is 1.79 bits per heavy atom. The second kappa shape index (κ2) is 4.21. The second-order valence-electron chi connectivity index (χ2n) is 4.17. The van der Waals surface area contributed by atoms with Crippen LogP contribution in [0.3, 0.4) is 0 Å². The van der Waals surface area contributed by atoms with E-state index in [2.05, 4.69) is 6.07 Å². The molecule has 1 aromatic rings. The highest BCUT2D eigenvalue weighted by Crippen LogP contribution is 2.38. The summed E-state index contributed by atoms with van der Waals surface area (Å²) in [5.74, 6) is 0. The van der Waals surface area contributed by atoms with Gasteiger partial charge in [-0.15, -0.1) is 11.3 Å². The van der Waals surface area contributed by atoms with Crippen molar-refractivity contribution in [2.24, 2.45) is 5.73 Å². The normalized spacial score (nSPS) is 21.9. The van der Waals surface area contributed by atoms with Gasteiger partial charge >= 0.3 is 0 Å². The number of rotatable bonds is 1. The molecular weight excluding hydrogens is 214 g/mol. The zero-order valence-electron chi connectivity index (χ0n) is 8.26. The summed E-state index contributed by atoms with van der Waals surface area (Å²) in [4.78, 5) is 1.27. The smallest absolute Gasteiger partial charge is 0.0931 e. The Kier molecular flexibility index (Phi) is 3.15. The average Bonchev–Trinajstić information content (AvgIpc) is 2.47. The number of hydrogen-bond acceptors (Lipinski definition) is 2. The number of nitrogens with two attached hydrogens (primary N) is 1. The molecule has 0 atom stereocenters. The third kappa shape index (κ3) is 2.13. The van der Waals surface area contributed by atoms with Crippen LogP contribution < -0.4 is 5.73 Å².